The minimum atomic E-state index is 0.266. The summed E-state index contributed by atoms with van der Waals surface area (Å²) in [6, 6.07) is 0. The zero-order valence-electron chi connectivity index (χ0n) is 12.1. The smallest absolute Gasteiger partial charge is 0.223 e. The third-order valence-corrected chi connectivity index (χ3v) is 4.21. The largest absolute Gasteiger partial charge is 0.355 e. The Bertz CT molecular complexity index is 252. The predicted molar refractivity (Wildman–Crippen MR) is 81.0 cm³/mol. The molecule has 0 aromatic heterocycles. The second kappa shape index (κ2) is 7.52. The first-order valence-corrected chi connectivity index (χ1v) is 8.22. The number of alkyl halides is 1. The van der Waals surface area contributed by atoms with Crippen LogP contribution in [0.4, 0.5) is 0 Å². The van der Waals surface area contributed by atoms with Crippen LogP contribution in [0.15, 0.2) is 0 Å². The highest BCUT2D eigenvalue weighted by Gasteiger charge is 2.21. The quantitative estimate of drug-likeness (QED) is 0.608. The molecule has 0 aromatic rings. The molecular formula is C15H28BrNO. The van der Waals surface area contributed by atoms with Gasteiger partial charge >= 0.3 is 0 Å². The minimum Gasteiger partial charge on any atom is -0.355 e. The van der Waals surface area contributed by atoms with Crippen LogP contribution in [0.5, 0.6) is 0 Å². The van der Waals surface area contributed by atoms with Gasteiger partial charge in [-0.3, -0.25) is 4.79 Å². The van der Waals surface area contributed by atoms with E-state index in [2.05, 4.69) is 42.0 Å². The zero-order chi connectivity index (χ0) is 13.6. The molecule has 0 saturated heterocycles. The summed E-state index contributed by atoms with van der Waals surface area (Å²) in [5.74, 6) is 0.539. The van der Waals surface area contributed by atoms with E-state index in [1.807, 2.05) is 0 Å². The van der Waals surface area contributed by atoms with Crippen LogP contribution in [0, 0.1) is 11.3 Å². The fourth-order valence-electron chi connectivity index (χ4n) is 2.63. The topological polar surface area (TPSA) is 29.1 Å². The van der Waals surface area contributed by atoms with Gasteiger partial charge in [-0.1, -0.05) is 62.4 Å². The number of hydrogen-bond acceptors (Lipinski definition) is 1. The second-order valence-electron chi connectivity index (χ2n) is 6.80. The van der Waals surface area contributed by atoms with Gasteiger partial charge in [-0.05, 0) is 24.7 Å². The van der Waals surface area contributed by atoms with Gasteiger partial charge in [0.1, 0.15) is 0 Å². The summed E-state index contributed by atoms with van der Waals surface area (Å²) in [6.45, 7) is 7.45. The van der Waals surface area contributed by atoms with Crippen LogP contribution in [0.25, 0.3) is 0 Å². The Kier molecular flexibility index (Phi) is 6.68. The molecule has 1 fully saturated rings. The summed E-state index contributed by atoms with van der Waals surface area (Å²) in [7, 11) is 0. The maximum absolute atomic E-state index is 12.1. The molecule has 0 heterocycles. The van der Waals surface area contributed by atoms with Crippen LogP contribution in [-0.2, 0) is 4.79 Å². The van der Waals surface area contributed by atoms with E-state index in [0.29, 0.717) is 10.2 Å². The Morgan fingerprint density at radius 3 is 2.28 bits per heavy atom. The highest BCUT2D eigenvalue weighted by molar-refractivity contribution is 9.09. The van der Waals surface area contributed by atoms with Gasteiger partial charge < -0.3 is 5.32 Å². The maximum Gasteiger partial charge on any atom is 0.223 e. The predicted octanol–water partition coefficient (Wildman–Crippen LogP) is 4.27. The number of hydrogen-bond donors (Lipinski definition) is 1. The van der Waals surface area contributed by atoms with Crippen molar-refractivity contribution in [1.82, 2.24) is 5.32 Å². The molecule has 1 unspecified atom stereocenters. The fraction of sp³-hybridized carbons (Fsp3) is 0.933. The van der Waals surface area contributed by atoms with Crippen molar-refractivity contribution >= 4 is 21.8 Å². The van der Waals surface area contributed by atoms with Crippen molar-refractivity contribution in [1.29, 1.82) is 0 Å². The lowest BCUT2D eigenvalue weighted by Crippen LogP contribution is -2.35. The number of carbonyl (C=O) groups is 1. The van der Waals surface area contributed by atoms with Crippen LogP contribution in [0.1, 0.15) is 65.7 Å². The molecule has 3 heteroatoms. The van der Waals surface area contributed by atoms with Gasteiger partial charge in [0.05, 0.1) is 0 Å². The monoisotopic (exact) mass is 317 g/mol. The van der Waals surface area contributed by atoms with Crippen molar-refractivity contribution in [2.75, 3.05) is 6.54 Å². The highest BCUT2D eigenvalue weighted by atomic mass is 79.9. The van der Waals surface area contributed by atoms with Crippen molar-refractivity contribution in [3.63, 3.8) is 0 Å². The Balaban J connectivity index is 2.27. The van der Waals surface area contributed by atoms with Gasteiger partial charge in [0.25, 0.3) is 0 Å². The molecule has 2 nitrogen and oxygen atoms in total. The third kappa shape index (κ3) is 6.77. The first-order valence-electron chi connectivity index (χ1n) is 7.30. The number of rotatable bonds is 4. The Morgan fingerprint density at radius 2 is 1.78 bits per heavy atom. The first-order chi connectivity index (χ1) is 8.38. The Labute approximate surface area is 120 Å². The van der Waals surface area contributed by atoms with Crippen LogP contribution in [-0.4, -0.2) is 17.3 Å². The van der Waals surface area contributed by atoms with E-state index in [1.165, 1.54) is 25.7 Å². The lowest BCUT2D eigenvalue weighted by atomic mass is 9.90. The normalized spacial score (nSPS) is 20.2. The first kappa shape index (κ1) is 16.0. The molecule has 0 radical (unpaired) electrons. The van der Waals surface area contributed by atoms with Crippen molar-refractivity contribution in [2.24, 2.45) is 11.3 Å². The number of nitrogens with one attached hydrogen (secondary N) is 1. The summed E-state index contributed by atoms with van der Waals surface area (Å²) >= 11 is 3.67. The van der Waals surface area contributed by atoms with Gasteiger partial charge in [0.2, 0.25) is 5.91 Å². The molecule has 1 aliphatic rings. The minimum absolute atomic E-state index is 0.266. The molecule has 1 amide bonds. The summed E-state index contributed by atoms with van der Waals surface area (Å²) in [6.07, 6.45) is 8.29. The average molecular weight is 318 g/mol. The van der Waals surface area contributed by atoms with Crippen molar-refractivity contribution in [2.45, 2.75) is 70.5 Å². The fourth-order valence-corrected chi connectivity index (χ4v) is 3.77. The standard InChI is InChI=1S/C15H28BrNO/c1-15(2,3)10-13(16)11-17-14(18)12-8-6-4-5-7-9-12/h12-13H,4-11H2,1-3H3,(H,17,18). The molecule has 0 bridgehead atoms. The van der Waals surface area contributed by atoms with Gasteiger partial charge in [0, 0.05) is 17.3 Å². The molecular weight excluding hydrogens is 290 g/mol. The van der Waals surface area contributed by atoms with Gasteiger partial charge in [-0.25, -0.2) is 0 Å². The van der Waals surface area contributed by atoms with E-state index in [9.17, 15) is 4.79 Å². The third-order valence-electron chi connectivity index (χ3n) is 3.56. The van der Waals surface area contributed by atoms with E-state index < -0.39 is 0 Å². The van der Waals surface area contributed by atoms with Crippen LogP contribution >= 0.6 is 15.9 Å². The summed E-state index contributed by atoms with van der Waals surface area (Å²) in [5, 5.41) is 3.12. The molecule has 0 spiro atoms. The van der Waals surface area contributed by atoms with E-state index in [0.717, 1.165) is 25.8 Å². The van der Waals surface area contributed by atoms with E-state index >= 15 is 0 Å². The Hall–Kier alpha value is -0.0500. The van der Waals surface area contributed by atoms with Gasteiger partial charge in [-0.15, -0.1) is 0 Å². The van der Waals surface area contributed by atoms with Crippen LogP contribution in [0.2, 0.25) is 0 Å². The Morgan fingerprint density at radius 1 is 1.22 bits per heavy atom. The SMILES string of the molecule is CC(C)(C)CC(Br)CNC(=O)C1CCCCCC1. The van der Waals surface area contributed by atoms with Crippen molar-refractivity contribution in [3.8, 4) is 0 Å². The molecule has 1 saturated carbocycles. The second-order valence-corrected chi connectivity index (χ2v) is 8.09. The number of amides is 1. The average Bonchev–Trinajstić information content (AvgIpc) is 2.52. The number of halogens is 1. The van der Waals surface area contributed by atoms with E-state index in [-0.39, 0.29) is 11.8 Å². The molecule has 1 rings (SSSR count). The number of carbonyl (C=O) groups excluding carboxylic acids is 1. The van der Waals surface area contributed by atoms with Crippen molar-refractivity contribution in [3.05, 3.63) is 0 Å². The van der Waals surface area contributed by atoms with Gasteiger partial charge in [0.15, 0.2) is 0 Å². The summed E-state index contributed by atoms with van der Waals surface area (Å²) < 4.78 is 0. The summed E-state index contributed by atoms with van der Waals surface area (Å²) in [4.78, 5) is 12.5. The molecule has 0 aliphatic heterocycles. The molecule has 18 heavy (non-hydrogen) atoms. The summed E-state index contributed by atoms with van der Waals surface area (Å²) in [5.41, 5.74) is 0.307. The van der Waals surface area contributed by atoms with Crippen LogP contribution < -0.4 is 5.32 Å². The van der Waals surface area contributed by atoms with Crippen molar-refractivity contribution < 1.29 is 4.79 Å². The molecule has 1 N–H and O–H groups in total. The van der Waals surface area contributed by atoms with E-state index in [1.54, 1.807) is 0 Å². The van der Waals surface area contributed by atoms with Gasteiger partial charge in [-0.2, -0.15) is 0 Å². The lowest BCUT2D eigenvalue weighted by molar-refractivity contribution is -0.125. The molecule has 1 atom stereocenters. The molecule has 0 aromatic carbocycles. The van der Waals surface area contributed by atoms with E-state index in [4.69, 9.17) is 0 Å². The molecule has 1 aliphatic carbocycles. The molecule has 106 valence electrons. The maximum atomic E-state index is 12.1. The lowest BCUT2D eigenvalue weighted by Gasteiger charge is -2.23. The zero-order valence-corrected chi connectivity index (χ0v) is 13.7. The van der Waals surface area contributed by atoms with Crippen LogP contribution in [0.3, 0.4) is 0 Å². The highest BCUT2D eigenvalue weighted by Crippen LogP contribution is 2.25.